The fourth-order valence-electron chi connectivity index (χ4n) is 4.39. The molecule has 39 heavy (non-hydrogen) atoms. The Balaban J connectivity index is 0.000000603. The second-order valence-electron chi connectivity index (χ2n) is 9.51. The predicted octanol–water partition coefficient (Wildman–Crippen LogP) is 10.4. The number of nitroso groups, excluding NO2 is 2. The second-order valence-corrected chi connectivity index (χ2v) is 25.0. The third-order valence-corrected chi connectivity index (χ3v) is 5.85. The first kappa shape index (κ1) is 37.6. The third-order valence-electron chi connectivity index (χ3n) is 5.85. The smallest absolute Gasteiger partial charge is 0.423 e. The number of pyridine rings is 2. The van der Waals surface area contributed by atoms with Gasteiger partial charge >= 0.3 is 49.9 Å². The zero-order valence-corrected chi connectivity index (χ0v) is 29.8. The normalized spacial score (nSPS) is 9.90. The molecule has 6 nitrogen and oxygen atoms in total. The van der Waals surface area contributed by atoms with Gasteiger partial charge in [-0.3, -0.25) is 9.97 Å². The van der Waals surface area contributed by atoms with Gasteiger partial charge in [-0.2, -0.15) is 0 Å². The van der Waals surface area contributed by atoms with Crippen LogP contribution < -0.4 is 0 Å². The second kappa shape index (κ2) is 22.3. The molecule has 0 fully saturated rings. The summed E-state index contributed by atoms with van der Waals surface area (Å²) in [4.78, 5) is 23.7. The van der Waals surface area contributed by atoms with Crippen molar-refractivity contribution in [3.63, 3.8) is 0 Å². The largest absolute Gasteiger partial charge is 0.577 e. The summed E-state index contributed by atoms with van der Waals surface area (Å²) in [5.74, 6) is 1.36. The molecule has 0 amide bonds. The van der Waals surface area contributed by atoms with Crippen LogP contribution in [0.5, 0.6) is 0 Å². The molecule has 212 valence electrons. The minimum Gasteiger partial charge on any atom is -0.577 e. The molecular formula is C30H38I2MoN4O2-2. The molecular weight excluding hydrogens is 798 g/mol. The fraction of sp³-hybridized carbons (Fsp3) is 0.400. The molecule has 0 aliphatic carbocycles. The maximum Gasteiger partial charge on any atom is -0.423 e. The summed E-state index contributed by atoms with van der Waals surface area (Å²) in [5.41, 5.74) is 16.7. The van der Waals surface area contributed by atoms with E-state index < -0.39 is 0 Å². The van der Waals surface area contributed by atoms with Crippen molar-refractivity contribution in [2.75, 3.05) is 0 Å². The third kappa shape index (κ3) is 12.8. The quantitative estimate of drug-likeness (QED) is 0.142. The number of aryl methyl sites for hydroxylation is 2. The Morgan fingerprint density at radius 1 is 0.641 bits per heavy atom. The summed E-state index contributed by atoms with van der Waals surface area (Å²) in [6.07, 6.45) is 8.34. The van der Waals surface area contributed by atoms with Gasteiger partial charge in [0.1, 0.15) is 0 Å². The van der Waals surface area contributed by atoms with Gasteiger partial charge in [-0.05, 0) is 59.4 Å². The molecule has 0 saturated heterocycles. The Bertz CT molecular complexity index is 1150. The standard InChI is InChI=1S/2C15H19N.2HI.Mo.2NO/c2*1-4-15-14-8-6-5-7-13(14)12(10-16-15)9-11(2)3;;;;2*1-2/h2*5-8,10-11H,4,9H2,1-3H3;2*1H;;;/q;;;;+2;2*-1/p-2. The molecule has 2 aromatic carbocycles. The van der Waals surface area contributed by atoms with Gasteiger partial charge in [-0.15, -0.1) is 0 Å². The van der Waals surface area contributed by atoms with Gasteiger partial charge in [0.2, 0.25) is 0 Å². The van der Waals surface area contributed by atoms with Gasteiger partial charge in [0, 0.05) is 34.6 Å². The summed E-state index contributed by atoms with van der Waals surface area (Å²) in [5, 5.41) is 5.40. The number of rotatable bonds is 6. The molecule has 9 heteroatoms. The number of benzene rings is 2. The molecule has 2 heterocycles. The SMILES string of the molecule is CCc1ncc(CC(C)C)c2ccccc12.CCc1ncc(CC(C)C)c2ccccc12.[I][Mo][I].[N-]=O.[N-]=O. The molecule has 0 N–H and O–H groups in total. The van der Waals surface area contributed by atoms with Crippen molar-refractivity contribution in [2.24, 2.45) is 11.8 Å². The van der Waals surface area contributed by atoms with E-state index in [1.165, 1.54) is 44.1 Å². The van der Waals surface area contributed by atoms with E-state index in [0.717, 1.165) is 25.7 Å². The topological polar surface area (TPSA) is 105 Å². The maximum atomic E-state index is 7.25. The number of aromatic nitrogens is 2. The Morgan fingerprint density at radius 2 is 0.923 bits per heavy atom. The van der Waals surface area contributed by atoms with E-state index in [1.54, 1.807) is 0 Å². The predicted molar refractivity (Wildman–Crippen MR) is 181 cm³/mol. The van der Waals surface area contributed by atoms with Gasteiger partial charge in [-0.25, -0.2) is 0 Å². The van der Waals surface area contributed by atoms with Crippen LogP contribution in [0, 0.1) is 21.6 Å². The minimum absolute atomic E-state index is 0.410. The molecule has 4 aromatic rings. The molecule has 0 unspecified atom stereocenters. The van der Waals surface area contributed by atoms with E-state index in [1.807, 2.05) is 0 Å². The average Bonchev–Trinajstić information content (AvgIpc) is 2.96. The van der Waals surface area contributed by atoms with E-state index in [9.17, 15) is 0 Å². The maximum absolute atomic E-state index is 7.25. The van der Waals surface area contributed by atoms with Crippen LogP contribution in [0.3, 0.4) is 0 Å². The Kier molecular flexibility index (Phi) is 21.5. The summed E-state index contributed by atoms with van der Waals surface area (Å²) < 4.78 is 0. The van der Waals surface area contributed by atoms with Crippen LogP contribution in [-0.2, 0) is 36.9 Å². The average molecular weight is 836 g/mol. The van der Waals surface area contributed by atoms with Gasteiger partial charge < -0.3 is 21.0 Å². The molecule has 0 saturated carbocycles. The van der Waals surface area contributed by atoms with Crippen molar-refractivity contribution < 1.29 is 11.2 Å². The summed E-state index contributed by atoms with van der Waals surface area (Å²) >= 11 is 5.22. The van der Waals surface area contributed by atoms with E-state index in [-0.39, 0.29) is 0 Å². The van der Waals surface area contributed by atoms with Gasteiger partial charge in [-0.1, -0.05) is 90.1 Å². The van der Waals surface area contributed by atoms with Crippen LogP contribution in [0.15, 0.2) is 60.9 Å². The van der Waals surface area contributed by atoms with Gasteiger partial charge in [0.05, 0.1) is 0 Å². The first-order valence-electron chi connectivity index (χ1n) is 12.8. The van der Waals surface area contributed by atoms with E-state index in [4.69, 9.17) is 21.0 Å². The van der Waals surface area contributed by atoms with Crippen LogP contribution in [0.25, 0.3) is 32.7 Å². The molecule has 2 aromatic heterocycles. The van der Waals surface area contributed by atoms with E-state index >= 15 is 0 Å². The monoisotopic (exact) mass is 838 g/mol. The molecule has 0 aliphatic rings. The fourth-order valence-corrected chi connectivity index (χ4v) is 4.39. The van der Waals surface area contributed by atoms with Crippen molar-refractivity contribution in [3.05, 3.63) is 104 Å². The van der Waals surface area contributed by atoms with Crippen LogP contribution in [0.4, 0.5) is 0 Å². The number of fused-ring (bicyclic) bond motifs is 2. The minimum atomic E-state index is 0.410. The Hall–Kier alpha value is -1.39. The number of hydrogen-bond acceptors (Lipinski definition) is 4. The first-order chi connectivity index (χ1) is 18.9. The van der Waals surface area contributed by atoms with Crippen LogP contribution in [0.2, 0.25) is 0 Å². The van der Waals surface area contributed by atoms with Crippen molar-refractivity contribution in [1.29, 1.82) is 0 Å². The molecule has 0 bridgehead atoms. The Labute approximate surface area is 262 Å². The van der Waals surface area contributed by atoms with E-state index in [2.05, 4.69) is 151 Å². The van der Waals surface area contributed by atoms with Crippen LogP contribution in [0.1, 0.15) is 64.1 Å². The zero-order valence-electron chi connectivity index (χ0n) is 23.5. The van der Waals surface area contributed by atoms with Gasteiger partial charge in [0.25, 0.3) is 0 Å². The van der Waals surface area contributed by atoms with Gasteiger partial charge in [0.15, 0.2) is 0 Å². The van der Waals surface area contributed by atoms with Crippen LogP contribution >= 0.6 is 38.7 Å². The van der Waals surface area contributed by atoms with E-state index in [0.29, 0.717) is 23.0 Å². The Morgan fingerprint density at radius 3 is 1.18 bits per heavy atom. The van der Waals surface area contributed by atoms with Crippen molar-refractivity contribution >= 4 is 60.3 Å². The summed E-state index contributed by atoms with van der Waals surface area (Å²) in [6.45, 7) is 13.3. The number of halogens is 2. The molecule has 4 rings (SSSR count). The number of hydrogen-bond donors (Lipinski definition) is 0. The van der Waals surface area contributed by atoms with Crippen LogP contribution in [-0.4, -0.2) is 9.97 Å². The van der Waals surface area contributed by atoms with Crippen molar-refractivity contribution in [3.8, 4) is 0 Å². The van der Waals surface area contributed by atoms with Crippen molar-refractivity contribution in [2.45, 2.75) is 67.2 Å². The first-order valence-corrected chi connectivity index (χ1v) is 24.8. The van der Waals surface area contributed by atoms with Crippen molar-refractivity contribution in [1.82, 2.24) is 9.97 Å². The molecule has 0 atom stereocenters. The zero-order chi connectivity index (χ0) is 29.8. The summed E-state index contributed by atoms with van der Waals surface area (Å²) in [6, 6.07) is 17.2. The molecule has 0 radical (unpaired) electrons. The number of nitrogens with zero attached hydrogens (tertiary/aromatic N) is 4. The molecule has 0 aliphatic heterocycles. The summed E-state index contributed by atoms with van der Waals surface area (Å²) in [7, 11) is 0. The molecule has 0 spiro atoms.